The van der Waals surface area contributed by atoms with Crippen molar-refractivity contribution in [2.45, 2.75) is 53.7 Å². The Morgan fingerprint density at radius 3 is 1.85 bits per heavy atom. The van der Waals surface area contributed by atoms with Gasteiger partial charge in [-0.2, -0.15) is 0 Å². The Labute approximate surface area is 84.3 Å². The topological polar surface area (TPSA) is 12.5 Å². The van der Waals surface area contributed by atoms with Gasteiger partial charge in [-0.15, -0.1) is 0 Å². The molecule has 0 aliphatic carbocycles. The van der Waals surface area contributed by atoms with Crippen LogP contribution in [0.5, 0.6) is 0 Å². The van der Waals surface area contributed by atoms with Gasteiger partial charge in [0.2, 0.25) is 0 Å². The van der Waals surface area contributed by atoms with Crippen molar-refractivity contribution in [2.24, 2.45) is 0 Å². The van der Waals surface area contributed by atoms with Crippen molar-refractivity contribution in [3.8, 4) is 0 Å². The highest BCUT2D eigenvalue weighted by Gasteiger charge is 2.09. The number of methoxy groups -OCH3 is 1. The fourth-order valence-electron chi connectivity index (χ4n) is 1.11. The van der Waals surface area contributed by atoms with Crippen LogP contribution in [0.1, 0.15) is 41.5 Å². The predicted octanol–water partition coefficient (Wildman–Crippen LogP) is 2.78. The summed E-state index contributed by atoms with van der Waals surface area (Å²) < 4.78 is 5.19. The molecule has 0 saturated carbocycles. The second kappa shape index (κ2) is 10.0. The summed E-state index contributed by atoms with van der Waals surface area (Å²) in [7, 11) is 1.76. The molecular weight excluding hydrogens is 162 g/mol. The predicted molar refractivity (Wildman–Crippen MR) is 60.2 cm³/mol. The molecule has 13 heavy (non-hydrogen) atoms. The van der Waals surface area contributed by atoms with Crippen LogP contribution in [0.2, 0.25) is 0 Å². The van der Waals surface area contributed by atoms with Gasteiger partial charge < -0.3 is 4.74 Å². The molecule has 0 aromatic rings. The molecule has 1 atom stereocenters. The zero-order valence-electron chi connectivity index (χ0n) is 10.4. The first-order valence-corrected chi connectivity index (χ1v) is 5.38. The first-order valence-electron chi connectivity index (χ1n) is 5.38. The summed E-state index contributed by atoms with van der Waals surface area (Å²) in [6, 6.07) is 0.623. The zero-order valence-corrected chi connectivity index (χ0v) is 10.4. The van der Waals surface area contributed by atoms with E-state index in [1.165, 1.54) is 0 Å². The second-order valence-corrected chi connectivity index (χ2v) is 3.23. The Bertz CT molecular complexity index is 94.1. The lowest BCUT2D eigenvalue weighted by molar-refractivity contribution is 0.0680. The molecule has 0 aromatic carbocycles. The van der Waals surface area contributed by atoms with Gasteiger partial charge in [0.05, 0.1) is 6.10 Å². The lowest BCUT2D eigenvalue weighted by Gasteiger charge is -2.27. The van der Waals surface area contributed by atoms with Crippen LogP contribution in [0.15, 0.2) is 0 Å². The number of hydrogen-bond donors (Lipinski definition) is 0. The van der Waals surface area contributed by atoms with Crippen molar-refractivity contribution >= 4 is 0 Å². The van der Waals surface area contributed by atoms with E-state index in [1.54, 1.807) is 7.11 Å². The summed E-state index contributed by atoms with van der Waals surface area (Å²) in [6.07, 6.45) is 0.345. The normalized spacial score (nSPS) is 12.7. The minimum Gasteiger partial charge on any atom is -0.380 e. The number of likely N-dealkylation sites (N-methyl/N-ethyl adjacent to an activating group) is 1. The van der Waals surface area contributed by atoms with E-state index in [0.29, 0.717) is 12.1 Å². The molecule has 0 spiro atoms. The second-order valence-electron chi connectivity index (χ2n) is 3.23. The van der Waals surface area contributed by atoms with Gasteiger partial charge in [0.1, 0.15) is 0 Å². The molecule has 2 heteroatoms. The zero-order chi connectivity index (χ0) is 10.9. The van der Waals surface area contributed by atoms with E-state index < -0.39 is 0 Å². The molecule has 0 aliphatic heterocycles. The third-order valence-electron chi connectivity index (χ3n) is 2.03. The first kappa shape index (κ1) is 15.4. The van der Waals surface area contributed by atoms with Crippen LogP contribution in [0.4, 0.5) is 0 Å². The SMILES string of the molecule is CC.CCN(C[C@H](C)OC)C(C)C. The van der Waals surface area contributed by atoms with Crippen molar-refractivity contribution in [1.29, 1.82) is 0 Å². The Morgan fingerprint density at radius 2 is 1.62 bits per heavy atom. The van der Waals surface area contributed by atoms with Crippen molar-refractivity contribution < 1.29 is 4.74 Å². The first-order chi connectivity index (χ1) is 6.11. The molecule has 0 amide bonds. The number of rotatable bonds is 5. The quantitative estimate of drug-likeness (QED) is 0.659. The largest absolute Gasteiger partial charge is 0.380 e. The van der Waals surface area contributed by atoms with Gasteiger partial charge in [-0.3, -0.25) is 4.90 Å². The molecule has 0 rings (SSSR count). The van der Waals surface area contributed by atoms with Gasteiger partial charge in [-0.25, -0.2) is 0 Å². The van der Waals surface area contributed by atoms with Crippen LogP contribution in [0, 0.1) is 0 Å². The van der Waals surface area contributed by atoms with Gasteiger partial charge >= 0.3 is 0 Å². The standard InChI is InChI=1S/C9H21NO.C2H6/c1-6-10(8(2)3)7-9(4)11-5;1-2/h8-9H,6-7H2,1-5H3;1-2H3/t9-;/m0./s1. The van der Waals surface area contributed by atoms with Crippen LogP contribution >= 0.6 is 0 Å². The van der Waals surface area contributed by atoms with Crippen LogP contribution < -0.4 is 0 Å². The Balaban J connectivity index is 0. The van der Waals surface area contributed by atoms with E-state index in [0.717, 1.165) is 13.1 Å². The van der Waals surface area contributed by atoms with Gasteiger partial charge in [-0.1, -0.05) is 20.8 Å². The van der Waals surface area contributed by atoms with Crippen LogP contribution in [-0.4, -0.2) is 37.2 Å². The Kier molecular flexibility index (Phi) is 11.8. The fourth-order valence-corrected chi connectivity index (χ4v) is 1.11. The highest BCUT2D eigenvalue weighted by Crippen LogP contribution is 2.00. The van der Waals surface area contributed by atoms with E-state index in [1.807, 2.05) is 13.8 Å². The molecule has 0 fully saturated rings. The third-order valence-corrected chi connectivity index (χ3v) is 2.03. The lowest BCUT2D eigenvalue weighted by Crippen LogP contribution is -2.36. The third kappa shape index (κ3) is 8.26. The molecule has 0 heterocycles. The van der Waals surface area contributed by atoms with Crippen LogP contribution in [0.3, 0.4) is 0 Å². The fraction of sp³-hybridized carbons (Fsp3) is 1.00. The van der Waals surface area contributed by atoms with Gasteiger partial charge in [0.15, 0.2) is 0 Å². The maximum absolute atomic E-state index is 5.19. The van der Waals surface area contributed by atoms with Crippen LogP contribution in [0.25, 0.3) is 0 Å². The van der Waals surface area contributed by atoms with Crippen molar-refractivity contribution in [3.63, 3.8) is 0 Å². The minimum absolute atomic E-state index is 0.345. The maximum atomic E-state index is 5.19. The molecule has 0 saturated heterocycles. The average Bonchev–Trinajstić information content (AvgIpc) is 2.16. The summed E-state index contributed by atoms with van der Waals surface area (Å²) in [5.41, 5.74) is 0. The summed E-state index contributed by atoms with van der Waals surface area (Å²) in [4.78, 5) is 2.40. The highest BCUT2D eigenvalue weighted by atomic mass is 16.5. The Hall–Kier alpha value is -0.0800. The van der Waals surface area contributed by atoms with Gasteiger partial charge in [0, 0.05) is 19.7 Å². The molecule has 0 unspecified atom stereocenters. The van der Waals surface area contributed by atoms with E-state index in [2.05, 4.69) is 32.6 Å². The molecule has 0 radical (unpaired) electrons. The monoisotopic (exact) mass is 189 g/mol. The van der Waals surface area contributed by atoms with Crippen molar-refractivity contribution in [2.75, 3.05) is 20.2 Å². The molecule has 0 aromatic heterocycles. The summed E-state index contributed by atoms with van der Waals surface area (Å²) >= 11 is 0. The number of ether oxygens (including phenoxy) is 1. The highest BCUT2D eigenvalue weighted by molar-refractivity contribution is 4.64. The number of nitrogens with zero attached hydrogens (tertiary/aromatic N) is 1. The molecule has 2 nitrogen and oxygen atoms in total. The average molecular weight is 189 g/mol. The minimum atomic E-state index is 0.345. The Morgan fingerprint density at radius 1 is 1.15 bits per heavy atom. The molecule has 0 bridgehead atoms. The summed E-state index contributed by atoms with van der Waals surface area (Å²) in [5, 5.41) is 0. The molecule has 0 N–H and O–H groups in total. The van der Waals surface area contributed by atoms with Crippen molar-refractivity contribution in [1.82, 2.24) is 4.90 Å². The van der Waals surface area contributed by atoms with Crippen LogP contribution in [-0.2, 0) is 4.74 Å². The van der Waals surface area contributed by atoms with E-state index in [9.17, 15) is 0 Å². The number of hydrogen-bond acceptors (Lipinski definition) is 2. The molecule has 0 aliphatic rings. The van der Waals surface area contributed by atoms with E-state index in [4.69, 9.17) is 4.74 Å². The van der Waals surface area contributed by atoms with Crippen molar-refractivity contribution in [3.05, 3.63) is 0 Å². The molecule has 82 valence electrons. The lowest BCUT2D eigenvalue weighted by atomic mass is 10.3. The van der Waals surface area contributed by atoms with Gasteiger partial charge in [0.25, 0.3) is 0 Å². The maximum Gasteiger partial charge on any atom is 0.0670 e. The van der Waals surface area contributed by atoms with E-state index in [-0.39, 0.29) is 0 Å². The summed E-state index contributed by atoms with van der Waals surface area (Å²) in [5.74, 6) is 0. The smallest absolute Gasteiger partial charge is 0.0670 e. The summed E-state index contributed by atoms with van der Waals surface area (Å²) in [6.45, 7) is 14.8. The van der Waals surface area contributed by atoms with Gasteiger partial charge in [-0.05, 0) is 27.3 Å². The van der Waals surface area contributed by atoms with E-state index >= 15 is 0 Å². The molecular formula is C11H27NO.